The summed E-state index contributed by atoms with van der Waals surface area (Å²) in [6.07, 6.45) is 0. The van der Waals surface area contributed by atoms with Crippen LogP contribution in [0.5, 0.6) is 5.88 Å². The van der Waals surface area contributed by atoms with Crippen molar-refractivity contribution in [2.45, 2.75) is 13.8 Å². The fourth-order valence-corrected chi connectivity index (χ4v) is 3.13. The summed E-state index contributed by atoms with van der Waals surface area (Å²) in [5, 5.41) is 0.356. The van der Waals surface area contributed by atoms with Crippen molar-refractivity contribution >= 4 is 23.2 Å². The number of pyridine rings is 1. The first-order valence-electron chi connectivity index (χ1n) is 8.48. The van der Waals surface area contributed by atoms with Crippen molar-refractivity contribution in [3.63, 3.8) is 0 Å². The average molecular weight is 360 g/mol. The van der Waals surface area contributed by atoms with Gasteiger partial charge in [-0.25, -0.2) is 4.98 Å². The number of nitrogens with zero attached hydrogens (tertiary/aromatic N) is 3. The van der Waals surface area contributed by atoms with E-state index < -0.39 is 0 Å². The maximum atomic E-state index is 12.8. The van der Waals surface area contributed by atoms with E-state index in [-0.39, 0.29) is 11.6 Å². The lowest BCUT2D eigenvalue weighted by atomic mass is 10.2. The van der Waals surface area contributed by atoms with Crippen molar-refractivity contribution in [1.82, 2.24) is 9.88 Å². The Labute approximate surface area is 153 Å². The number of aromatic nitrogens is 1. The summed E-state index contributed by atoms with van der Waals surface area (Å²) < 4.78 is 5.38. The number of carbonyl (C=O) groups excluding carboxylic acids is 1. The zero-order valence-corrected chi connectivity index (χ0v) is 15.3. The van der Waals surface area contributed by atoms with Gasteiger partial charge in [-0.2, -0.15) is 0 Å². The highest BCUT2D eigenvalue weighted by molar-refractivity contribution is 6.33. The van der Waals surface area contributed by atoms with E-state index in [1.54, 1.807) is 17.0 Å². The molecule has 0 saturated carbocycles. The Bertz CT molecular complexity index is 758. The van der Waals surface area contributed by atoms with Crippen LogP contribution in [0, 0.1) is 6.92 Å². The maximum Gasteiger partial charge on any atom is 0.274 e. The summed E-state index contributed by atoms with van der Waals surface area (Å²) in [7, 11) is 0. The van der Waals surface area contributed by atoms with Crippen LogP contribution in [0.4, 0.5) is 5.69 Å². The van der Waals surface area contributed by atoms with Crippen LogP contribution in [0.3, 0.4) is 0 Å². The molecule has 1 amide bonds. The van der Waals surface area contributed by atoms with Gasteiger partial charge in [-0.05, 0) is 37.6 Å². The number of halogens is 1. The molecule has 1 aliphatic rings. The molecule has 0 radical (unpaired) electrons. The highest BCUT2D eigenvalue weighted by Gasteiger charge is 2.25. The molecule has 2 aromatic rings. The smallest absolute Gasteiger partial charge is 0.274 e. The SMILES string of the molecule is CCOc1ccc(Cl)c(C(=O)N2CCN(c3cccc(C)c3)CC2)n1. The second kappa shape index (κ2) is 7.74. The molecular formula is C19H22ClN3O2. The first-order chi connectivity index (χ1) is 12.1. The highest BCUT2D eigenvalue weighted by Crippen LogP contribution is 2.22. The zero-order valence-electron chi connectivity index (χ0n) is 14.5. The molecule has 0 aliphatic carbocycles. The summed E-state index contributed by atoms with van der Waals surface area (Å²) >= 11 is 6.18. The Morgan fingerprint density at radius 1 is 1.20 bits per heavy atom. The van der Waals surface area contributed by atoms with Crippen molar-refractivity contribution in [3.05, 3.63) is 52.7 Å². The molecule has 0 bridgehead atoms. The minimum Gasteiger partial charge on any atom is -0.478 e. The molecule has 0 N–H and O–H groups in total. The molecule has 1 saturated heterocycles. The van der Waals surface area contributed by atoms with Gasteiger partial charge in [-0.3, -0.25) is 4.79 Å². The predicted octanol–water partition coefficient (Wildman–Crippen LogP) is 3.40. The lowest BCUT2D eigenvalue weighted by molar-refractivity contribution is 0.0740. The minimum absolute atomic E-state index is 0.143. The van der Waals surface area contributed by atoms with Crippen LogP contribution >= 0.6 is 11.6 Å². The Morgan fingerprint density at radius 2 is 1.96 bits per heavy atom. The Morgan fingerprint density at radius 3 is 2.64 bits per heavy atom. The molecule has 132 valence electrons. The Balaban J connectivity index is 1.68. The van der Waals surface area contributed by atoms with Crippen LogP contribution in [0.1, 0.15) is 23.0 Å². The zero-order chi connectivity index (χ0) is 17.8. The number of amides is 1. The fourth-order valence-electron chi connectivity index (χ4n) is 2.94. The van der Waals surface area contributed by atoms with Crippen molar-refractivity contribution < 1.29 is 9.53 Å². The van der Waals surface area contributed by atoms with Gasteiger partial charge < -0.3 is 14.5 Å². The number of hydrogen-bond acceptors (Lipinski definition) is 4. The fraction of sp³-hybridized carbons (Fsp3) is 0.368. The van der Waals surface area contributed by atoms with Gasteiger partial charge in [0.05, 0.1) is 11.6 Å². The van der Waals surface area contributed by atoms with E-state index in [0.717, 1.165) is 13.1 Å². The third-order valence-corrected chi connectivity index (χ3v) is 4.55. The normalized spacial score (nSPS) is 14.5. The Kier molecular flexibility index (Phi) is 5.43. The van der Waals surface area contributed by atoms with E-state index in [9.17, 15) is 4.79 Å². The number of hydrogen-bond donors (Lipinski definition) is 0. The lowest BCUT2D eigenvalue weighted by Crippen LogP contribution is -2.49. The summed E-state index contributed by atoms with van der Waals surface area (Å²) in [5.41, 5.74) is 2.69. The monoisotopic (exact) mass is 359 g/mol. The van der Waals surface area contributed by atoms with Crippen molar-refractivity contribution in [2.75, 3.05) is 37.7 Å². The third-order valence-electron chi connectivity index (χ3n) is 4.25. The number of piperazine rings is 1. The predicted molar refractivity (Wildman–Crippen MR) is 99.7 cm³/mol. The number of carbonyl (C=O) groups is 1. The summed E-state index contributed by atoms with van der Waals surface area (Å²) in [6.45, 7) is 7.32. The van der Waals surface area contributed by atoms with Gasteiger partial charge >= 0.3 is 0 Å². The Hall–Kier alpha value is -2.27. The van der Waals surface area contributed by atoms with Gasteiger partial charge in [0, 0.05) is 37.9 Å². The van der Waals surface area contributed by atoms with Gasteiger partial charge in [-0.15, -0.1) is 0 Å². The molecule has 6 heteroatoms. The molecule has 0 spiro atoms. The molecule has 0 atom stereocenters. The number of aryl methyl sites for hydroxylation is 1. The summed E-state index contributed by atoms with van der Waals surface area (Å²) in [4.78, 5) is 21.1. The topological polar surface area (TPSA) is 45.7 Å². The largest absolute Gasteiger partial charge is 0.478 e. The van der Waals surface area contributed by atoms with Crippen LogP contribution in [0.2, 0.25) is 5.02 Å². The van der Waals surface area contributed by atoms with Gasteiger partial charge in [0.15, 0.2) is 5.69 Å². The molecule has 1 aliphatic heterocycles. The van der Waals surface area contributed by atoms with Crippen molar-refractivity contribution in [2.24, 2.45) is 0 Å². The first kappa shape index (κ1) is 17.5. The van der Waals surface area contributed by atoms with Gasteiger partial charge in [-0.1, -0.05) is 23.7 Å². The van der Waals surface area contributed by atoms with Crippen LogP contribution in [-0.2, 0) is 0 Å². The molecule has 5 nitrogen and oxygen atoms in total. The average Bonchev–Trinajstić information content (AvgIpc) is 2.63. The second-order valence-electron chi connectivity index (χ2n) is 6.03. The molecule has 2 heterocycles. The molecule has 1 aromatic heterocycles. The first-order valence-corrected chi connectivity index (χ1v) is 8.86. The number of benzene rings is 1. The number of anilines is 1. The van der Waals surface area contributed by atoms with Gasteiger partial charge in [0.25, 0.3) is 5.91 Å². The summed E-state index contributed by atoms with van der Waals surface area (Å²) in [6, 6.07) is 11.8. The van der Waals surface area contributed by atoms with E-state index >= 15 is 0 Å². The molecule has 3 rings (SSSR count). The van der Waals surface area contributed by atoms with Crippen LogP contribution in [0.15, 0.2) is 36.4 Å². The number of rotatable bonds is 4. The minimum atomic E-state index is -0.143. The quantitative estimate of drug-likeness (QED) is 0.839. The lowest BCUT2D eigenvalue weighted by Gasteiger charge is -2.36. The van der Waals surface area contributed by atoms with Crippen molar-refractivity contribution in [1.29, 1.82) is 0 Å². The van der Waals surface area contributed by atoms with E-state index in [0.29, 0.717) is 30.6 Å². The van der Waals surface area contributed by atoms with Gasteiger partial charge in [0.1, 0.15) is 0 Å². The van der Waals surface area contributed by atoms with Gasteiger partial charge in [0.2, 0.25) is 5.88 Å². The second-order valence-corrected chi connectivity index (χ2v) is 6.44. The van der Waals surface area contributed by atoms with Crippen LogP contribution in [-0.4, -0.2) is 48.6 Å². The molecule has 25 heavy (non-hydrogen) atoms. The van der Waals surface area contributed by atoms with Crippen LogP contribution in [0.25, 0.3) is 0 Å². The van der Waals surface area contributed by atoms with Crippen LogP contribution < -0.4 is 9.64 Å². The van der Waals surface area contributed by atoms with E-state index in [1.807, 2.05) is 6.92 Å². The highest BCUT2D eigenvalue weighted by atomic mass is 35.5. The molecule has 1 fully saturated rings. The van der Waals surface area contributed by atoms with E-state index in [2.05, 4.69) is 41.1 Å². The standard InChI is InChI=1S/C19H22ClN3O2/c1-3-25-17-8-7-16(20)18(21-17)19(24)23-11-9-22(10-12-23)15-6-4-5-14(2)13-15/h4-8,13H,3,9-12H2,1-2H3. The number of ether oxygens (including phenoxy) is 1. The summed E-state index contributed by atoms with van der Waals surface area (Å²) in [5.74, 6) is 0.282. The maximum absolute atomic E-state index is 12.8. The molecule has 0 unspecified atom stereocenters. The third kappa shape index (κ3) is 4.04. The van der Waals surface area contributed by atoms with Crippen molar-refractivity contribution in [3.8, 4) is 5.88 Å². The van der Waals surface area contributed by atoms with E-state index in [4.69, 9.17) is 16.3 Å². The molecule has 1 aromatic carbocycles. The van der Waals surface area contributed by atoms with E-state index in [1.165, 1.54) is 11.3 Å². The molecular weight excluding hydrogens is 338 g/mol.